The molecule has 6 heteroatoms. The Balaban J connectivity index is 2.04. The normalized spacial score (nSPS) is 11.6. The Kier molecular flexibility index (Phi) is 4.24. The maximum atomic E-state index is 13.0. The molecule has 0 saturated carbocycles. The van der Waals surface area contributed by atoms with Crippen molar-refractivity contribution in [2.24, 2.45) is 0 Å². The van der Waals surface area contributed by atoms with Crippen LogP contribution < -0.4 is 5.43 Å². The van der Waals surface area contributed by atoms with Gasteiger partial charge in [-0.05, 0) is 32.9 Å². The van der Waals surface area contributed by atoms with Crippen LogP contribution in [0.1, 0.15) is 36.1 Å². The van der Waals surface area contributed by atoms with E-state index in [1.165, 1.54) is 17.6 Å². The summed E-state index contributed by atoms with van der Waals surface area (Å²) < 4.78 is 5.48. The van der Waals surface area contributed by atoms with Gasteiger partial charge in [0.1, 0.15) is 22.4 Å². The van der Waals surface area contributed by atoms with Gasteiger partial charge in [-0.3, -0.25) is 9.59 Å². The first-order valence-electron chi connectivity index (χ1n) is 7.59. The smallest absolute Gasteiger partial charge is 0.261 e. The number of carbonyl (C=O) groups is 1. The van der Waals surface area contributed by atoms with Crippen LogP contribution in [-0.4, -0.2) is 21.3 Å². The highest BCUT2D eigenvalue weighted by molar-refractivity contribution is 7.09. The van der Waals surface area contributed by atoms with Crippen LogP contribution in [0.4, 0.5) is 0 Å². The van der Waals surface area contributed by atoms with Crippen molar-refractivity contribution in [3.05, 3.63) is 62.9 Å². The highest BCUT2D eigenvalue weighted by Gasteiger charge is 2.30. The molecule has 0 aliphatic heterocycles. The third kappa shape index (κ3) is 3.10. The third-order valence-electron chi connectivity index (χ3n) is 3.74. The van der Waals surface area contributed by atoms with E-state index in [4.69, 9.17) is 4.42 Å². The maximum Gasteiger partial charge on any atom is 0.261 e. The lowest BCUT2D eigenvalue weighted by Gasteiger charge is -2.35. The first kappa shape index (κ1) is 16.4. The van der Waals surface area contributed by atoms with Gasteiger partial charge >= 0.3 is 0 Å². The predicted octanol–water partition coefficient (Wildman–Crippen LogP) is 3.69. The Morgan fingerprint density at radius 3 is 2.71 bits per heavy atom. The van der Waals surface area contributed by atoms with Crippen LogP contribution in [-0.2, 0) is 6.54 Å². The molecule has 1 amide bonds. The van der Waals surface area contributed by atoms with Crippen molar-refractivity contribution in [2.45, 2.75) is 32.9 Å². The van der Waals surface area contributed by atoms with E-state index >= 15 is 0 Å². The summed E-state index contributed by atoms with van der Waals surface area (Å²) >= 11 is 1.48. The van der Waals surface area contributed by atoms with Gasteiger partial charge < -0.3 is 9.32 Å². The van der Waals surface area contributed by atoms with Crippen molar-refractivity contribution >= 4 is 28.2 Å². The summed E-state index contributed by atoms with van der Waals surface area (Å²) in [7, 11) is 0. The number of benzene rings is 1. The Morgan fingerprint density at radius 2 is 2.04 bits per heavy atom. The van der Waals surface area contributed by atoms with Gasteiger partial charge in [0.25, 0.3) is 5.91 Å². The van der Waals surface area contributed by atoms with E-state index in [-0.39, 0.29) is 16.9 Å². The number of para-hydroxylation sites is 1. The molecule has 3 aromatic rings. The summed E-state index contributed by atoms with van der Waals surface area (Å²) in [6.07, 6.45) is 2.96. The molecule has 0 atom stereocenters. The van der Waals surface area contributed by atoms with Crippen LogP contribution in [0.3, 0.4) is 0 Å². The molecule has 0 aliphatic carbocycles. The molecule has 0 radical (unpaired) electrons. The average molecular weight is 342 g/mol. The number of amides is 1. The molecule has 0 N–H and O–H groups in total. The second-order valence-electron chi connectivity index (χ2n) is 6.46. The molecule has 0 spiro atoms. The first-order chi connectivity index (χ1) is 11.4. The number of aromatic nitrogens is 1. The van der Waals surface area contributed by atoms with Crippen LogP contribution in [0, 0.1) is 0 Å². The van der Waals surface area contributed by atoms with E-state index in [0.29, 0.717) is 17.5 Å². The molecule has 0 fully saturated rings. The SMILES string of the molecule is CC(C)(C)N(Cc1nccs1)C(=O)c1coc2ccccc2c1=O. The first-order valence-corrected chi connectivity index (χ1v) is 8.47. The number of fused-ring (bicyclic) bond motifs is 1. The van der Waals surface area contributed by atoms with Gasteiger partial charge in [-0.25, -0.2) is 4.98 Å². The second-order valence-corrected chi connectivity index (χ2v) is 7.44. The number of thiazole rings is 1. The molecule has 2 heterocycles. The van der Waals surface area contributed by atoms with Crippen molar-refractivity contribution in [3.8, 4) is 0 Å². The summed E-state index contributed by atoms with van der Waals surface area (Å²) in [6, 6.07) is 6.92. The summed E-state index contributed by atoms with van der Waals surface area (Å²) in [5, 5.41) is 3.10. The molecule has 3 rings (SSSR count). The van der Waals surface area contributed by atoms with Gasteiger partial charge in [-0.15, -0.1) is 11.3 Å². The summed E-state index contributed by atoms with van der Waals surface area (Å²) in [4.78, 5) is 31.6. The van der Waals surface area contributed by atoms with Crippen LogP contribution in [0.2, 0.25) is 0 Å². The summed E-state index contributed by atoms with van der Waals surface area (Å²) in [6.45, 7) is 6.15. The van der Waals surface area contributed by atoms with Crippen LogP contribution in [0.5, 0.6) is 0 Å². The largest absolute Gasteiger partial charge is 0.463 e. The number of nitrogens with zero attached hydrogens (tertiary/aromatic N) is 2. The molecule has 0 bridgehead atoms. The van der Waals surface area contributed by atoms with Crippen LogP contribution >= 0.6 is 11.3 Å². The van der Waals surface area contributed by atoms with Crippen molar-refractivity contribution in [2.75, 3.05) is 0 Å². The molecule has 24 heavy (non-hydrogen) atoms. The second kappa shape index (κ2) is 6.20. The average Bonchev–Trinajstić information content (AvgIpc) is 3.05. The zero-order valence-electron chi connectivity index (χ0n) is 13.8. The Morgan fingerprint density at radius 1 is 1.29 bits per heavy atom. The van der Waals surface area contributed by atoms with E-state index in [1.807, 2.05) is 26.2 Å². The summed E-state index contributed by atoms with van der Waals surface area (Å²) in [5.74, 6) is -0.350. The summed E-state index contributed by atoms with van der Waals surface area (Å²) in [5.41, 5.74) is -0.252. The quantitative estimate of drug-likeness (QED) is 0.728. The van der Waals surface area contributed by atoms with Crippen LogP contribution in [0.25, 0.3) is 11.0 Å². The van der Waals surface area contributed by atoms with Gasteiger partial charge in [0.15, 0.2) is 0 Å². The van der Waals surface area contributed by atoms with Crippen LogP contribution in [0.15, 0.2) is 51.3 Å². The van der Waals surface area contributed by atoms with Gasteiger partial charge in [0, 0.05) is 17.1 Å². The molecular weight excluding hydrogens is 324 g/mol. The van der Waals surface area contributed by atoms with Gasteiger partial charge in [-0.2, -0.15) is 0 Å². The zero-order valence-corrected chi connectivity index (χ0v) is 14.6. The molecule has 2 aromatic heterocycles. The van der Waals surface area contributed by atoms with E-state index in [2.05, 4.69) is 4.98 Å². The molecule has 5 nitrogen and oxygen atoms in total. The zero-order chi connectivity index (χ0) is 17.3. The van der Waals surface area contributed by atoms with Crippen molar-refractivity contribution in [1.29, 1.82) is 0 Å². The fourth-order valence-corrected chi connectivity index (χ4v) is 3.06. The number of hydrogen-bond donors (Lipinski definition) is 0. The molecule has 0 saturated heterocycles. The maximum absolute atomic E-state index is 13.0. The molecule has 124 valence electrons. The van der Waals surface area contributed by atoms with E-state index in [0.717, 1.165) is 5.01 Å². The highest BCUT2D eigenvalue weighted by Crippen LogP contribution is 2.21. The van der Waals surface area contributed by atoms with Crippen molar-refractivity contribution < 1.29 is 9.21 Å². The lowest BCUT2D eigenvalue weighted by molar-refractivity contribution is 0.0555. The lowest BCUT2D eigenvalue weighted by Crippen LogP contribution is -2.46. The minimum Gasteiger partial charge on any atom is -0.463 e. The topological polar surface area (TPSA) is 63.4 Å². The fraction of sp³-hybridized carbons (Fsp3) is 0.278. The van der Waals surface area contributed by atoms with E-state index in [9.17, 15) is 9.59 Å². The van der Waals surface area contributed by atoms with Crippen molar-refractivity contribution in [3.63, 3.8) is 0 Å². The number of carbonyl (C=O) groups excluding carboxylic acids is 1. The monoisotopic (exact) mass is 342 g/mol. The lowest BCUT2D eigenvalue weighted by atomic mass is 10.0. The van der Waals surface area contributed by atoms with Crippen molar-refractivity contribution in [1.82, 2.24) is 9.88 Å². The molecule has 0 aliphatic rings. The Labute approximate surface area is 143 Å². The fourth-order valence-electron chi connectivity index (χ4n) is 2.45. The minimum atomic E-state index is -0.458. The predicted molar refractivity (Wildman–Crippen MR) is 94.2 cm³/mol. The van der Waals surface area contributed by atoms with E-state index in [1.54, 1.807) is 35.4 Å². The van der Waals surface area contributed by atoms with Gasteiger partial charge in [0.2, 0.25) is 5.43 Å². The Bertz CT molecular complexity index is 923. The molecule has 0 unspecified atom stereocenters. The van der Waals surface area contributed by atoms with E-state index < -0.39 is 5.54 Å². The van der Waals surface area contributed by atoms with Gasteiger partial charge in [-0.1, -0.05) is 12.1 Å². The third-order valence-corrected chi connectivity index (χ3v) is 4.51. The molecular formula is C18H18N2O3S. The van der Waals surface area contributed by atoms with Gasteiger partial charge in [0.05, 0.1) is 11.9 Å². The highest BCUT2D eigenvalue weighted by atomic mass is 32.1. The Hall–Kier alpha value is -2.47. The standard InChI is InChI=1S/C18H18N2O3S/c1-18(2,3)20(10-15-19-8-9-24-15)17(22)13-11-23-14-7-5-4-6-12(14)16(13)21/h4-9,11H,10H2,1-3H3. The number of hydrogen-bond acceptors (Lipinski definition) is 5. The molecule has 1 aromatic carbocycles. The number of rotatable bonds is 3. The minimum absolute atomic E-state index is 0.0418.